The topological polar surface area (TPSA) is 57.5 Å². The first-order chi connectivity index (χ1) is 12.8. The fourth-order valence-corrected chi connectivity index (χ4v) is 7.92. The molecule has 4 aliphatic carbocycles. The zero-order valence-electron chi connectivity index (χ0n) is 17.8. The minimum atomic E-state index is -0.348. The van der Waals surface area contributed by atoms with Crippen LogP contribution in [-0.4, -0.2) is 28.7 Å². The summed E-state index contributed by atoms with van der Waals surface area (Å²) in [6.45, 7) is 12.5. The van der Waals surface area contributed by atoms with Crippen LogP contribution in [0.15, 0.2) is 12.2 Å². The average molecular weight is 377 g/mol. The Morgan fingerprint density at radius 2 is 1.85 bits per heavy atom. The molecular weight excluding hydrogens is 336 g/mol. The fourth-order valence-electron chi connectivity index (χ4n) is 7.92. The number of hydrogen-bond donors (Lipinski definition) is 2. The summed E-state index contributed by atoms with van der Waals surface area (Å²) in [6, 6.07) is 0. The van der Waals surface area contributed by atoms with Crippen molar-refractivity contribution in [2.45, 2.75) is 85.2 Å². The van der Waals surface area contributed by atoms with Crippen molar-refractivity contribution in [3.05, 3.63) is 12.2 Å². The van der Waals surface area contributed by atoms with Crippen LogP contribution in [0.5, 0.6) is 0 Å². The van der Waals surface area contributed by atoms with Crippen LogP contribution in [0.1, 0.15) is 79.1 Å². The number of carbonyl (C=O) groups is 1. The molecule has 7 unspecified atom stereocenters. The van der Waals surface area contributed by atoms with Gasteiger partial charge in [-0.05, 0) is 85.9 Å². The predicted molar refractivity (Wildman–Crippen MR) is 109 cm³/mol. The van der Waals surface area contributed by atoms with Gasteiger partial charge < -0.3 is 10.2 Å². The van der Waals surface area contributed by atoms with Gasteiger partial charge in [0, 0.05) is 5.92 Å². The molecule has 4 fully saturated rings. The summed E-state index contributed by atoms with van der Waals surface area (Å²) in [4.78, 5) is 12.3. The van der Waals surface area contributed by atoms with Gasteiger partial charge in [0.2, 0.25) is 0 Å². The average Bonchev–Trinajstić information content (AvgIpc) is 2.99. The number of aliphatic hydroxyl groups is 2. The third kappa shape index (κ3) is 3.13. The van der Waals surface area contributed by atoms with E-state index in [4.69, 9.17) is 0 Å². The lowest BCUT2D eigenvalue weighted by Gasteiger charge is -2.62. The molecule has 0 aromatic heterocycles. The van der Waals surface area contributed by atoms with E-state index in [9.17, 15) is 15.0 Å². The monoisotopic (exact) mass is 376 g/mol. The summed E-state index contributed by atoms with van der Waals surface area (Å²) < 4.78 is 0. The highest BCUT2D eigenvalue weighted by Crippen LogP contribution is 2.67. The molecule has 0 aromatic carbocycles. The number of allylic oxidation sites excluding steroid dienone is 1. The summed E-state index contributed by atoms with van der Waals surface area (Å²) in [6.07, 6.45) is 8.26. The largest absolute Gasteiger partial charge is 0.393 e. The number of carbonyl (C=O) groups excluding carboxylic acids is 1. The van der Waals surface area contributed by atoms with Crippen molar-refractivity contribution in [2.24, 2.45) is 40.4 Å². The molecule has 0 spiro atoms. The molecule has 0 saturated heterocycles. The smallest absolute Gasteiger partial charge is 0.161 e. The van der Waals surface area contributed by atoms with Crippen LogP contribution in [0, 0.1) is 40.4 Å². The molecule has 27 heavy (non-hydrogen) atoms. The maximum atomic E-state index is 12.3. The van der Waals surface area contributed by atoms with E-state index in [0.717, 1.165) is 38.5 Å². The van der Waals surface area contributed by atoms with Gasteiger partial charge in [0.1, 0.15) is 6.61 Å². The summed E-state index contributed by atoms with van der Waals surface area (Å²) in [5.41, 5.74) is 1.50. The molecule has 4 saturated carbocycles. The normalized spacial score (nSPS) is 48.6. The van der Waals surface area contributed by atoms with E-state index in [1.165, 1.54) is 18.4 Å². The van der Waals surface area contributed by atoms with Crippen molar-refractivity contribution >= 4 is 5.78 Å². The summed E-state index contributed by atoms with van der Waals surface area (Å²) >= 11 is 0. The van der Waals surface area contributed by atoms with E-state index in [0.29, 0.717) is 23.7 Å². The molecule has 4 aliphatic rings. The zero-order chi connectivity index (χ0) is 20.0. The SMILES string of the molecule is C=C1CCC2(C)C(CCC3C2C(O)CC2(C)C3CC[C@@H]2C(=O)CO)C1.CC. The van der Waals surface area contributed by atoms with Crippen molar-refractivity contribution in [3.63, 3.8) is 0 Å². The van der Waals surface area contributed by atoms with Gasteiger partial charge in [0.05, 0.1) is 6.10 Å². The van der Waals surface area contributed by atoms with Crippen molar-refractivity contribution in [1.29, 1.82) is 0 Å². The minimum absolute atomic E-state index is 0.00971. The number of rotatable bonds is 2. The standard InChI is InChI=1S/C22H34O3.C2H6/c1-13-8-9-21(2)14(10-13)4-5-15-16-6-7-17(19(25)12-23)22(16,3)11-18(24)20(15)21;1-2/h14-18,20,23-24H,1,4-12H2,2-3H3;1-2H3/t14?,15?,16?,17-,18?,20?,21?,22?;/m1./s1. The quantitative estimate of drug-likeness (QED) is 0.683. The zero-order valence-corrected chi connectivity index (χ0v) is 17.8. The Morgan fingerprint density at radius 1 is 1.15 bits per heavy atom. The predicted octanol–water partition coefficient (Wildman–Crippen LogP) is 4.76. The number of fused-ring (bicyclic) bond motifs is 5. The lowest BCUT2D eigenvalue weighted by molar-refractivity contribution is -0.168. The van der Waals surface area contributed by atoms with E-state index in [1.807, 2.05) is 13.8 Å². The first-order valence-corrected chi connectivity index (χ1v) is 11.3. The van der Waals surface area contributed by atoms with E-state index in [2.05, 4.69) is 20.4 Å². The Morgan fingerprint density at radius 3 is 2.52 bits per heavy atom. The molecule has 154 valence electrons. The molecule has 0 bridgehead atoms. The molecule has 0 aliphatic heterocycles. The second-order valence-corrected chi connectivity index (χ2v) is 10.1. The molecule has 0 heterocycles. The molecule has 8 atom stereocenters. The second kappa shape index (κ2) is 7.63. The van der Waals surface area contributed by atoms with Gasteiger partial charge in [-0.1, -0.05) is 39.8 Å². The number of ketones is 1. The van der Waals surface area contributed by atoms with Gasteiger partial charge >= 0.3 is 0 Å². The third-order valence-corrected chi connectivity index (χ3v) is 9.09. The van der Waals surface area contributed by atoms with Crippen LogP contribution in [0.3, 0.4) is 0 Å². The Balaban J connectivity index is 0.00000102. The molecule has 3 heteroatoms. The highest BCUT2D eigenvalue weighted by molar-refractivity contribution is 5.83. The van der Waals surface area contributed by atoms with Crippen molar-refractivity contribution in [1.82, 2.24) is 0 Å². The van der Waals surface area contributed by atoms with E-state index in [1.54, 1.807) is 0 Å². The molecule has 2 N–H and O–H groups in total. The Kier molecular flexibility index (Phi) is 5.95. The highest BCUT2D eigenvalue weighted by atomic mass is 16.3. The van der Waals surface area contributed by atoms with Crippen LogP contribution in [0.25, 0.3) is 0 Å². The van der Waals surface area contributed by atoms with E-state index in [-0.39, 0.29) is 35.2 Å². The molecule has 0 aromatic rings. The first kappa shape index (κ1) is 21.0. The number of hydrogen-bond acceptors (Lipinski definition) is 3. The number of aliphatic hydroxyl groups excluding tert-OH is 2. The molecule has 0 radical (unpaired) electrons. The minimum Gasteiger partial charge on any atom is -0.393 e. The molecule has 3 nitrogen and oxygen atoms in total. The van der Waals surface area contributed by atoms with Crippen molar-refractivity contribution < 1.29 is 15.0 Å². The van der Waals surface area contributed by atoms with Crippen LogP contribution >= 0.6 is 0 Å². The van der Waals surface area contributed by atoms with Gasteiger partial charge in [-0.15, -0.1) is 0 Å². The molecule has 4 rings (SSSR count). The first-order valence-electron chi connectivity index (χ1n) is 11.3. The van der Waals surface area contributed by atoms with Crippen molar-refractivity contribution in [3.8, 4) is 0 Å². The Labute approximate surface area is 165 Å². The summed E-state index contributed by atoms with van der Waals surface area (Å²) in [5.74, 6) is 2.05. The van der Waals surface area contributed by atoms with Crippen LogP contribution in [-0.2, 0) is 4.79 Å². The van der Waals surface area contributed by atoms with E-state index >= 15 is 0 Å². The maximum absolute atomic E-state index is 12.3. The number of Topliss-reactive ketones (excluding diaryl/α,β-unsaturated/α-hetero) is 1. The molecule has 0 amide bonds. The fraction of sp³-hybridized carbons (Fsp3) is 0.875. The maximum Gasteiger partial charge on any atom is 0.161 e. The van der Waals surface area contributed by atoms with Crippen molar-refractivity contribution in [2.75, 3.05) is 6.61 Å². The van der Waals surface area contributed by atoms with Crippen LogP contribution in [0.2, 0.25) is 0 Å². The van der Waals surface area contributed by atoms with Crippen LogP contribution < -0.4 is 0 Å². The van der Waals surface area contributed by atoms with Gasteiger partial charge in [-0.25, -0.2) is 0 Å². The van der Waals surface area contributed by atoms with Gasteiger partial charge in [0.15, 0.2) is 5.78 Å². The molecular formula is C24H40O3. The Bertz CT molecular complexity index is 584. The summed E-state index contributed by atoms with van der Waals surface area (Å²) in [7, 11) is 0. The summed E-state index contributed by atoms with van der Waals surface area (Å²) in [5, 5.41) is 20.7. The second-order valence-electron chi connectivity index (χ2n) is 10.1. The van der Waals surface area contributed by atoms with Crippen LogP contribution in [0.4, 0.5) is 0 Å². The van der Waals surface area contributed by atoms with E-state index < -0.39 is 0 Å². The van der Waals surface area contributed by atoms with Gasteiger partial charge in [0.25, 0.3) is 0 Å². The Hall–Kier alpha value is -0.670. The lowest BCUT2D eigenvalue weighted by atomic mass is 9.43. The highest BCUT2D eigenvalue weighted by Gasteiger charge is 2.63. The lowest BCUT2D eigenvalue weighted by Crippen LogP contribution is -2.58. The van der Waals surface area contributed by atoms with Gasteiger partial charge in [-0.2, -0.15) is 0 Å². The third-order valence-electron chi connectivity index (χ3n) is 9.09. The van der Waals surface area contributed by atoms with Gasteiger partial charge in [-0.3, -0.25) is 4.79 Å².